The maximum Gasteiger partial charge on any atom is 0.266 e. The van der Waals surface area contributed by atoms with Crippen LogP contribution in [0, 0.1) is 25.2 Å². The van der Waals surface area contributed by atoms with E-state index in [0.29, 0.717) is 10.7 Å². The van der Waals surface area contributed by atoms with E-state index in [1.54, 1.807) is 30.3 Å². The zero-order chi connectivity index (χ0) is 17.7. The first kappa shape index (κ1) is 17.8. The Kier molecular flexibility index (Phi) is 5.83. The second kappa shape index (κ2) is 7.85. The molecule has 0 bridgehead atoms. The molecule has 0 aliphatic rings. The van der Waals surface area contributed by atoms with Crippen LogP contribution >= 0.6 is 11.6 Å². The standard InChI is InChI=1S/C19H20ClN3O/c1-4-9-23-13(2)10-15(14(23)3)11-16(12-21)19(24)22-18-8-6-5-7-17(18)20/h5-8,10-11H,4,9H2,1-3H3,(H,22,24)/b16-11+. The molecule has 124 valence electrons. The summed E-state index contributed by atoms with van der Waals surface area (Å²) in [6.45, 7) is 7.05. The Morgan fingerprint density at radius 2 is 2.08 bits per heavy atom. The number of nitriles is 1. The molecular formula is C19H20ClN3O. The molecule has 1 amide bonds. The van der Waals surface area contributed by atoms with E-state index in [4.69, 9.17) is 11.6 Å². The first-order valence-electron chi connectivity index (χ1n) is 7.82. The fourth-order valence-corrected chi connectivity index (χ4v) is 2.78. The van der Waals surface area contributed by atoms with Crippen molar-refractivity contribution in [1.82, 2.24) is 4.57 Å². The Morgan fingerprint density at radius 3 is 2.71 bits per heavy atom. The smallest absolute Gasteiger partial charge is 0.266 e. The molecule has 2 aromatic rings. The molecule has 1 aromatic carbocycles. The summed E-state index contributed by atoms with van der Waals surface area (Å²) < 4.78 is 2.19. The fourth-order valence-electron chi connectivity index (χ4n) is 2.60. The van der Waals surface area contributed by atoms with Crippen LogP contribution in [0.3, 0.4) is 0 Å². The topological polar surface area (TPSA) is 57.8 Å². The molecule has 0 unspecified atom stereocenters. The van der Waals surface area contributed by atoms with Crippen molar-refractivity contribution in [3.05, 3.63) is 57.9 Å². The number of halogens is 1. The average Bonchev–Trinajstić information content (AvgIpc) is 2.82. The highest BCUT2D eigenvalue weighted by Gasteiger charge is 2.13. The van der Waals surface area contributed by atoms with Crippen molar-refractivity contribution >= 4 is 29.3 Å². The number of carbonyl (C=O) groups excluding carboxylic acids is 1. The number of rotatable bonds is 5. The monoisotopic (exact) mass is 341 g/mol. The molecule has 24 heavy (non-hydrogen) atoms. The van der Waals surface area contributed by atoms with Gasteiger partial charge >= 0.3 is 0 Å². The Morgan fingerprint density at radius 1 is 1.38 bits per heavy atom. The van der Waals surface area contributed by atoms with Crippen molar-refractivity contribution < 1.29 is 4.79 Å². The molecule has 0 radical (unpaired) electrons. The molecule has 2 rings (SSSR count). The van der Waals surface area contributed by atoms with E-state index in [1.807, 2.05) is 26.0 Å². The van der Waals surface area contributed by atoms with Crippen molar-refractivity contribution in [1.29, 1.82) is 5.26 Å². The van der Waals surface area contributed by atoms with Gasteiger partial charge < -0.3 is 9.88 Å². The van der Waals surface area contributed by atoms with Crippen molar-refractivity contribution in [2.45, 2.75) is 33.7 Å². The Bertz CT molecular complexity index is 828. The van der Waals surface area contributed by atoms with E-state index < -0.39 is 5.91 Å². The van der Waals surface area contributed by atoms with Crippen molar-refractivity contribution in [2.24, 2.45) is 0 Å². The van der Waals surface area contributed by atoms with Crippen LogP contribution in [0.4, 0.5) is 5.69 Å². The van der Waals surface area contributed by atoms with Crippen LogP contribution in [0.2, 0.25) is 5.02 Å². The summed E-state index contributed by atoms with van der Waals surface area (Å²) in [5.41, 5.74) is 3.58. The number of benzene rings is 1. The van der Waals surface area contributed by atoms with Crippen molar-refractivity contribution in [3.63, 3.8) is 0 Å². The van der Waals surface area contributed by atoms with Gasteiger partial charge in [0.15, 0.2) is 0 Å². The van der Waals surface area contributed by atoms with E-state index in [0.717, 1.165) is 29.9 Å². The van der Waals surface area contributed by atoms with Crippen LogP contribution in [0.5, 0.6) is 0 Å². The molecule has 0 aliphatic carbocycles. The largest absolute Gasteiger partial charge is 0.349 e. The second-order valence-electron chi connectivity index (χ2n) is 5.58. The Labute approximate surface area is 147 Å². The SMILES string of the molecule is CCCn1c(C)cc(/C=C(\C#N)C(=O)Nc2ccccc2Cl)c1C. The molecule has 0 saturated heterocycles. The molecule has 0 aliphatic heterocycles. The zero-order valence-electron chi connectivity index (χ0n) is 14.1. The van der Waals surface area contributed by atoms with Gasteiger partial charge in [0.1, 0.15) is 11.6 Å². The average molecular weight is 342 g/mol. The summed E-state index contributed by atoms with van der Waals surface area (Å²) >= 11 is 6.04. The molecular weight excluding hydrogens is 322 g/mol. The van der Waals surface area contributed by atoms with Gasteiger partial charge in [-0.05, 0) is 50.1 Å². The van der Waals surface area contributed by atoms with E-state index >= 15 is 0 Å². The lowest BCUT2D eigenvalue weighted by molar-refractivity contribution is -0.112. The third kappa shape index (κ3) is 3.87. The highest BCUT2D eigenvalue weighted by molar-refractivity contribution is 6.34. The first-order chi connectivity index (χ1) is 11.5. The lowest BCUT2D eigenvalue weighted by Crippen LogP contribution is -2.13. The minimum absolute atomic E-state index is 0.0478. The Hall–Kier alpha value is -2.51. The summed E-state index contributed by atoms with van der Waals surface area (Å²) in [7, 11) is 0. The van der Waals surface area contributed by atoms with Crippen molar-refractivity contribution in [2.75, 3.05) is 5.32 Å². The summed E-state index contributed by atoms with van der Waals surface area (Å²) in [5, 5.41) is 12.5. The summed E-state index contributed by atoms with van der Waals surface area (Å²) in [4.78, 5) is 12.4. The van der Waals surface area contributed by atoms with Crippen LogP contribution in [-0.2, 0) is 11.3 Å². The molecule has 0 atom stereocenters. The lowest BCUT2D eigenvalue weighted by atomic mass is 10.1. The van der Waals surface area contributed by atoms with Gasteiger partial charge in [0.2, 0.25) is 0 Å². The van der Waals surface area contributed by atoms with Crippen LogP contribution in [-0.4, -0.2) is 10.5 Å². The number of hydrogen-bond acceptors (Lipinski definition) is 2. The third-order valence-corrected chi connectivity index (χ3v) is 4.18. The van der Waals surface area contributed by atoms with Gasteiger partial charge in [-0.15, -0.1) is 0 Å². The summed E-state index contributed by atoms with van der Waals surface area (Å²) in [6, 6.07) is 10.9. The number of amides is 1. The van der Waals surface area contributed by atoms with Gasteiger partial charge in [-0.2, -0.15) is 5.26 Å². The van der Waals surface area contributed by atoms with E-state index in [-0.39, 0.29) is 5.57 Å². The maximum atomic E-state index is 12.4. The molecule has 1 aromatic heterocycles. The predicted molar refractivity (Wildman–Crippen MR) is 97.9 cm³/mol. The van der Waals surface area contributed by atoms with Crippen LogP contribution in [0.15, 0.2) is 35.9 Å². The molecule has 4 nitrogen and oxygen atoms in total. The predicted octanol–water partition coefficient (Wildman–Crippen LogP) is 4.71. The van der Waals surface area contributed by atoms with Crippen LogP contribution < -0.4 is 5.32 Å². The molecule has 1 N–H and O–H groups in total. The first-order valence-corrected chi connectivity index (χ1v) is 8.20. The number of aryl methyl sites for hydroxylation is 1. The number of nitrogens with zero attached hydrogens (tertiary/aromatic N) is 2. The van der Waals surface area contributed by atoms with Gasteiger partial charge in [0, 0.05) is 17.9 Å². The molecule has 5 heteroatoms. The van der Waals surface area contributed by atoms with Crippen LogP contribution in [0.1, 0.15) is 30.3 Å². The van der Waals surface area contributed by atoms with E-state index in [2.05, 4.69) is 16.8 Å². The minimum atomic E-state index is -0.467. The quantitative estimate of drug-likeness (QED) is 0.632. The number of anilines is 1. The molecule has 0 saturated carbocycles. The number of carbonyl (C=O) groups is 1. The number of hydrogen-bond donors (Lipinski definition) is 1. The maximum absolute atomic E-state index is 12.4. The van der Waals surface area contributed by atoms with E-state index in [9.17, 15) is 10.1 Å². The van der Waals surface area contributed by atoms with Gasteiger partial charge in [-0.1, -0.05) is 30.7 Å². The summed E-state index contributed by atoms with van der Waals surface area (Å²) in [6.07, 6.45) is 2.65. The third-order valence-electron chi connectivity index (χ3n) is 3.85. The highest BCUT2D eigenvalue weighted by Crippen LogP contribution is 2.22. The van der Waals surface area contributed by atoms with Gasteiger partial charge in [0.05, 0.1) is 10.7 Å². The van der Waals surface area contributed by atoms with Crippen LogP contribution in [0.25, 0.3) is 6.08 Å². The number of para-hydroxylation sites is 1. The number of aromatic nitrogens is 1. The second-order valence-corrected chi connectivity index (χ2v) is 5.99. The zero-order valence-corrected chi connectivity index (χ0v) is 14.8. The highest BCUT2D eigenvalue weighted by atomic mass is 35.5. The van der Waals surface area contributed by atoms with Gasteiger partial charge in [-0.25, -0.2) is 0 Å². The lowest BCUT2D eigenvalue weighted by Gasteiger charge is -2.07. The fraction of sp³-hybridized carbons (Fsp3) is 0.263. The van der Waals surface area contributed by atoms with E-state index in [1.165, 1.54) is 0 Å². The number of nitrogens with one attached hydrogen (secondary N) is 1. The van der Waals surface area contributed by atoms with Gasteiger partial charge in [-0.3, -0.25) is 4.79 Å². The normalized spacial score (nSPS) is 11.2. The minimum Gasteiger partial charge on any atom is -0.349 e. The Balaban J connectivity index is 2.30. The molecule has 0 fully saturated rings. The van der Waals surface area contributed by atoms with Crippen molar-refractivity contribution in [3.8, 4) is 6.07 Å². The summed E-state index contributed by atoms with van der Waals surface area (Å²) in [5.74, 6) is -0.467. The van der Waals surface area contributed by atoms with Gasteiger partial charge in [0.25, 0.3) is 5.91 Å². The molecule has 1 heterocycles. The molecule has 0 spiro atoms.